The molecule has 3 N–H and O–H groups in total. The van der Waals surface area contributed by atoms with E-state index in [2.05, 4.69) is 32.9 Å². The van der Waals surface area contributed by atoms with Gasteiger partial charge in [-0.15, -0.1) is 0 Å². The van der Waals surface area contributed by atoms with Crippen LogP contribution in [0.1, 0.15) is 45.6 Å². The highest BCUT2D eigenvalue weighted by molar-refractivity contribution is 6.30. The van der Waals surface area contributed by atoms with Crippen LogP contribution >= 0.6 is 11.6 Å². The zero-order valence-electron chi connectivity index (χ0n) is 17.8. The fourth-order valence-electron chi connectivity index (χ4n) is 5.25. The van der Waals surface area contributed by atoms with Crippen LogP contribution in [0.2, 0.25) is 5.02 Å². The molecule has 0 amide bonds. The van der Waals surface area contributed by atoms with Gasteiger partial charge in [-0.25, -0.2) is 0 Å². The van der Waals surface area contributed by atoms with Crippen LogP contribution in [0.15, 0.2) is 24.3 Å². The van der Waals surface area contributed by atoms with Gasteiger partial charge in [0.15, 0.2) is 0 Å². The molecule has 1 saturated heterocycles. The summed E-state index contributed by atoms with van der Waals surface area (Å²) in [4.78, 5) is 3.13. The Morgan fingerprint density at radius 1 is 1.11 bits per heavy atom. The molecular formula is C23H39ClN2O2+2. The largest absolute Gasteiger partial charge is 0.385 e. The quantitative estimate of drug-likeness (QED) is 0.632. The van der Waals surface area contributed by atoms with Gasteiger partial charge in [-0.05, 0) is 42.7 Å². The first-order valence-electron chi connectivity index (χ1n) is 11.0. The second kappa shape index (κ2) is 9.90. The van der Waals surface area contributed by atoms with Crippen molar-refractivity contribution in [2.24, 2.45) is 11.3 Å². The van der Waals surface area contributed by atoms with Gasteiger partial charge in [-0.3, -0.25) is 0 Å². The van der Waals surface area contributed by atoms with E-state index in [1.54, 1.807) is 4.90 Å². The standard InChI is InChI=1S/C23H37ClN2O2/c1-18-12-22(14-23(2,3)13-18)28-17-21(27)16-26-10-8-25(9-11-26)15-19-4-6-20(24)7-5-19/h4-7,18,21-22,27H,8-17H2,1-3H3/p+2/t18-,21-,22+/m1/s1. The predicted molar refractivity (Wildman–Crippen MR) is 114 cm³/mol. The van der Waals surface area contributed by atoms with E-state index in [9.17, 15) is 5.11 Å². The molecule has 3 rings (SSSR count). The molecule has 0 radical (unpaired) electrons. The van der Waals surface area contributed by atoms with Crippen LogP contribution in [0, 0.1) is 11.3 Å². The zero-order valence-corrected chi connectivity index (χ0v) is 18.6. The Balaban J connectivity index is 1.34. The van der Waals surface area contributed by atoms with Crippen LogP contribution in [-0.4, -0.2) is 56.6 Å². The Bertz CT molecular complexity index is 599. The summed E-state index contributed by atoms with van der Waals surface area (Å²) >= 11 is 5.97. The first-order valence-corrected chi connectivity index (χ1v) is 11.4. The average Bonchev–Trinajstić information content (AvgIpc) is 2.62. The third-order valence-corrected chi connectivity index (χ3v) is 6.68. The van der Waals surface area contributed by atoms with Gasteiger partial charge in [0.2, 0.25) is 0 Å². The molecule has 158 valence electrons. The van der Waals surface area contributed by atoms with Crippen molar-refractivity contribution in [1.29, 1.82) is 0 Å². The smallest absolute Gasteiger partial charge is 0.127 e. The van der Waals surface area contributed by atoms with E-state index in [-0.39, 0.29) is 6.10 Å². The van der Waals surface area contributed by atoms with Gasteiger partial charge in [-0.2, -0.15) is 0 Å². The number of aliphatic hydroxyl groups is 1. The molecule has 1 saturated carbocycles. The van der Waals surface area contributed by atoms with Crippen LogP contribution in [0.25, 0.3) is 0 Å². The van der Waals surface area contributed by atoms with Crippen molar-refractivity contribution in [2.75, 3.05) is 39.3 Å². The maximum atomic E-state index is 10.5. The lowest BCUT2D eigenvalue weighted by molar-refractivity contribution is -1.02. The maximum absolute atomic E-state index is 10.5. The summed E-state index contributed by atoms with van der Waals surface area (Å²) in [7, 11) is 0. The van der Waals surface area contributed by atoms with Gasteiger partial charge in [-0.1, -0.05) is 44.5 Å². The van der Waals surface area contributed by atoms with Crippen molar-refractivity contribution in [3.8, 4) is 0 Å². The van der Waals surface area contributed by atoms with Crippen LogP contribution in [-0.2, 0) is 11.3 Å². The number of nitrogens with one attached hydrogen (secondary N) is 2. The molecule has 2 fully saturated rings. The predicted octanol–water partition coefficient (Wildman–Crippen LogP) is 1.22. The lowest BCUT2D eigenvalue weighted by atomic mass is 9.71. The van der Waals surface area contributed by atoms with E-state index in [1.807, 2.05) is 12.1 Å². The fraction of sp³-hybridized carbons (Fsp3) is 0.739. The number of piperazine rings is 1. The molecule has 4 nitrogen and oxygen atoms in total. The summed E-state index contributed by atoms with van der Waals surface area (Å²) in [6.45, 7) is 13.9. The van der Waals surface area contributed by atoms with Crippen molar-refractivity contribution in [1.82, 2.24) is 0 Å². The van der Waals surface area contributed by atoms with Crippen molar-refractivity contribution in [3.05, 3.63) is 34.9 Å². The van der Waals surface area contributed by atoms with E-state index in [0.29, 0.717) is 24.0 Å². The molecule has 3 atom stereocenters. The third kappa shape index (κ3) is 7.00. The molecule has 5 heteroatoms. The minimum absolute atomic E-state index is 0.309. The number of benzene rings is 1. The average molecular weight is 411 g/mol. The molecule has 0 unspecified atom stereocenters. The highest BCUT2D eigenvalue weighted by Crippen LogP contribution is 2.39. The van der Waals surface area contributed by atoms with E-state index in [0.717, 1.165) is 57.1 Å². The Labute approximate surface area is 175 Å². The zero-order chi connectivity index (χ0) is 20.1. The number of rotatable bonds is 7. The molecule has 1 aromatic rings. The minimum atomic E-state index is -0.354. The molecule has 2 aliphatic rings. The molecule has 0 aromatic heterocycles. The SMILES string of the molecule is C[C@@H]1C[C@H](OC[C@H](O)C[NH+]2CC[NH+](Cc3ccc(Cl)cc3)CC2)CC(C)(C)C1. The molecule has 28 heavy (non-hydrogen) atoms. The molecule has 0 spiro atoms. The van der Waals surface area contributed by atoms with Crippen molar-refractivity contribution in [2.45, 2.75) is 58.8 Å². The molecule has 1 aliphatic carbocycles. The summed E-state index contributed by atoms with van der Waals surface area (Å²) < 4.78 is 6.12. The third-order valence-electron chi connectivity index (χ3n) is 6.43. The maximum Gasteiger partial charge on any atom is 0.127 e. The normalized spacial score (nSPS) is 31.5. The van der Waals surface area contributed by atoms with Gasteiger partial charge >= 0.3 is 0 Å². The number of quaternary nitrogens is 2. The van der Waals surface area contributed by atoms with Crippen molar-refractivity contribution in [3.63, 3.8) is 0 Å². The Hall–Kier alpha value is -0.650. The summed E-state index contributed by atoms with van der Waals surface area (Å²) in [6.07, 6.45) is 3.49. The van der Waals surface area contributed by atoms with E-state index in [4.69, 9.17) is 16.3 Å². The number of hydrogen-bond acceptors (Lipinski definition) is 2. The molecule has 1 aliphatic heterocycles. The van der Waals surface area contributed by atoms with E-state index in [1.165, 1.54) is 16.9 Å². The van der Waals surface area contributed by atoms with E-state index < -0.39 is 0 Å². The Morgan fingerprint density at radius 3 is 2.39 bits per heavy atom. The second-order valence-electron chi connectivity index (χ2n) is 10.0. The summed E-state index contributed by atoms with van der Waals surface area (Å²) in [5, 5.41) is 11.3. The molecule has 0 bridgehead atoms. The lowest BCUT2D eigenvalue weighted by Crippen LogP contribution is -3.28. The Morgan fingerprint density at radius 2 is 1.75 bits per heavy atom. The number of halogens is 1. The highest BCUT2D eigenvalue weighted by atomic mass is 35.5. The van der Waals surface area contributed by atoms with Crippen LogP contribution in [0.4, 0.5) is 0 Å². The summed E-state index contributed by atoms with van der Waals surface area (Å²) in [5.41, 5.74) is 1.71. The monoisotopic (exact) mass is 410 g/mol. The van der Waals surface area contributed by atoms with Gasteiger partial charge in [0.05, 0.1) is 12.7 Å². The van der Waals surface area contributed by atoms with Crippen molar-refractivity contribution >= 4 is 11.6 Å². The first-order chi connectivity index (χ1) is 13.3. The number of aliphatic hydroxyl groups excluding tert-OH is 1. The Kier molecular flexibility index (Phi) is 7.80. The summed E-state index contributed by atoms with van der Waals surface area (Å²) in [5.74, 6) is 0.716. The summed E-state index contributed by atoms with van der Waals surface area (Å²) in [6, 6.07) is 8.21. The van der Waals surface area contributed by atoms with Crippen LogP contribution in [0.5, 0.6) is 0 Å². The number of hydrogen-bond donors (Lipinski definition) is 3. The van der Waals surface area contributed by atoms with Gasteiger partial charge in [0.1, 0.15) is 45.4 Å². The van der Waals surface area contributed by atoms with Crippen molar-refractivity contribution < 1.29 is 19.6 Å². The molecule has 1 aromatic carbocycles. The lowest BCUT2D eigenvalue weighted by Gasteiger charge is -2.39. The topological polar surface area (TPSA) is 38.3 Å². The van der Waals surface area contributed by atoms with Gasteiger partial charge < -0.3 is 19.6 Å². The minimum Gasteiger partial charge on any atom is -0.385 e. The molecule has 1 heterocycles. The first kappa shape index (κ1) is 22.0. The van der Waals surface area contributed by atoms with Gasteiger partial charge in [0.25, 0.3) is 0 Å². The van der Waals surface area contributed by atoms with Crippen LogP contribution < -0.4 is 9.80 Å². The second-order valence-corrected chi connectivity index (χ2v) is 10.5. The molecular weight excluding hydrogens is 372 g/mol. The van der Waals surface area contributed by atoms with Gasteiger partial charge in [0, 0.05) is 10.6 Å². The van der Waals surface area contributed by atoms with E-state index >= 15 is 0 Å². The number of ether oxygens (including phenoxy) is 1. The van der Waals surface area contributed by atoms with Crippen LogP contribution in [0.3, 0.4) is 0 Å². The highest BCUT2D eigenvalue weighted by Gasteiger charge is 2.33. The fourth-order valence-corrected chi connectivity index (χ4v) is 5.38.